The molecule has 1 aliphatic rings. The quantitative estimate of drug-likeness (QED) is 0.883. The Labute approximate surface area is 91.8 Å². The maximum absolute atomic E-state index is 6.23. The summed E-state index contributed by atoms with van der Waals surface area (Å²) in [6.45, 7) is 0. The maximum atomic E-state index is 6.23. The second kappa shape index (κ2) is 3.51. The van der Waals surface area contributed by atoms with Crippen LogP contribution in [0.25, 0.3) is 0 Å². The van der Waals surface area contributed by atoms with Crippen LogP contribution in [0.3, 0.4) is 0 Å². The van der Waals surface area contributed by atoms with Crippen LogP contribution in [0.2, 0.25) is 0 Å². The van der Waals surface area contributed by atoms with Gasteiger partial charge in [0.1, 0.15) is 0 Å². The molecule has 0 saturated heterocycles. The summed E-state index contributed by atoms with van der Waals surface area (Å²) >= 11 is 3.40. The van der Waals surface area contributed by atoms with Gasteiger partial charge in [-0.3, -0.25) is 0 Å². The Hall–Kier alpha value is -0.610. The van der Waals surface area contributed by atoms with Gasteiger partial charge in [0.25, 0.3) is 0 Å². The minimum atomic E-state index is -0.220. The Bertz CT molecular complexity index is 350. The highest BCUT2D eigenvalue weighted by Gasteiger charge is 2.37. The zero-order valence-corrected chi connectivity index (χ0v) is 9.67. The van der Waals surface area contributed by atoms with E-state index in [4.69, 9.17) is 10.5 Å². The van der Waals surface area contributed by atoms with E-state index in [0.717, 1.165) is 22.9 Å². The lowest BCUT2D eigenvalue weighted by Crippen LogP contribution is -2.43. The van der Waals surface area contributed by atoms with E-state index in [2.05, 4.69) is 20.9 Å². The van der Waals surface area contributed by atoms with Gasteiger partial charge >= 0.3 is 0 Å². The SMILES string of the molecule is COc1ncc(Br)cc1C1(N)CCC1. The van der Waals surface area contributed by atoms with E-state index < -0.39 is 0 Å². The smallest absolute Gasteiger partial charge is 0.218 e. The van der Waals surface area contributed by atoms with Crippen molar-refractivity contribution in [1.29, 1.82) is 0 Å². The van der Waals surface area contributed by atoms with Gasteiger partial charge in [-0.25, -0.2) is 4.98 Å². The molecule has 1 aromatic rings. The lowest BCUT2D eigenvalue weighted by atomic mass is 9.73. The first-order chi connectivity index (χ1) is 6.65. The van der Waals surface area contributed by atoms with E-state index in [1.807, 2.05) is 6.07 Å². The molecule has 0 bridgehead atoms. The summed E-state index contributed by atoms with van der Waals surface area (Å²) in [7, 11) is 1.63. The average Bonchev–Trinajstić information content (AvgIpc) is 2.14. The summed E-state index contributed by atoms with van der Waals surface area (Å²) in [5.74, 6) is 0.649. The number of nitrogens with two attached hydrogens (primary N) is 1. The predicted molar refractivity (Wildman–Crippen MR) is 58.2 cm³/mol. The Morgan fingerprint density at radius 1 is 1.57 bits per heavy atom. The molecule has 1 aromatic heterocycles. The van der Waals surface area contributed by atoms with Gasteiger partial charge in [-0.15, -0.1) is 0 Å². The van der Waals surface area contributed by atoms with Crippen LogP contribution in [0, 0.1) is 0 Å². The molecule has 0 radical (unpaired) electrons. The van der Waals surface area contributed by atoms with Crippen LogP contribution in [-0.4, -0.2) is 12.1 Å². The monoisotopic (exact) mass is 256 g/mol. The Morgan fingerprint density at radius 3 is 2.79 bits per heavy atom. The summed E-state index contributed by atoms with van der Waals surface area (Å²) in [5.41, 5.74) is 7.02. The molecule has 2 N–H and O–H groups in total. The van der Waals surface area contributed by atoms with Crippen molar-refractivity contribution in [2.24, 2.45) is 5.73 Å². The minimum absolute atomic E-state index is 0.220. The Morgan fingerprint density at radius 2 is 2.29 bits per heavy atom. The van der Waals surface area contributed by atoms with Crippen molar-refractivity contribution >= 4 is 15.9 Å². The van der Waals surface area contributed by atoms with Crippen molar-refractivity contribution in [3.8, 4) is 5.88 Å². The first-order valence-corrected chi connectivity index (χ1v) is 5.44. The van der Waals surface area contributed by atoms with Gasteiger partial charge in [-0.1, -0.05) is 0 Å². The van der Waals surface area contributed by atoms with Crippen LogP contribution in [0.1, 0.15) is 24.8 Å². The molecule has 1 saturated carbocycles. The summed E-state index contributed by atoms with van der Waals surface area (Å²) in [6, 6.07) is 2.00. The fraction of sp³-hybridized carbons (Fsp3) is 0.500. The zero-order valence-electron chi connectivity index (χ0n) is 8.09. The summed E-state index contributed by atoms with van der Waals surface area (Å²) in [6.07, 6.45) is 4.94. The third-order valence-corrected chi connectivity index (χ3v) is 3.23. The largest absolute Gasteiger partial charge is 0.481 e. The van der Waals surface area contributed by atoms with Gasteiger partial charge in [0.05, 0.1) is 7.11 Å². The summed E-state index contributed by atoms with van der Waals surface area (Å²) < 4.78 is 6.16. The third kappa shape index (κ3) is 1.53. The van der Waals surface area contributed by atoms with E-state index in [-0.39, 0.29) is 5.54 Å². The van der Waals surface area contributed by atoms with E-state index >= 15 is 0 Å². The van der Waals surface area contributed by atoms with Gasteiger partial charge in [-0.05, 0) is 41.3 Å². The van der Waals surface area contributed by atoms with E-state index in [9.17, 15) is 0 Å². The molecule has 1 heterocycles. The van der Waals surface area contributed by atoms with Crippen LogP contribution in [-0.2, 0) is 5.54 Å². The van der Waals surface area contributed by atoms with Crippen molar-refractivity contribution in [3.63, 3.8) is 0 Å². The Balaban J connectivity index is 2.43. The van der Waals surface area contributed by atoms with Gasteiger partial charge in [0, 0.05) is 21.8 Å². The van der Waals surface area contributed by atoms with Crippen molar-refractivity contribution in [2.45, 2.75) is 24.8 Å². The molecule has 4 heteroatoms. The fourth-order valence-electron chi connectivity index (χ4n) is 1.77. The molecule has 2 rings (SSSR count). The van der Waals surface area contributed by atoms with Crippen LogP contribution in [0.4, 0.5) is 0 Å². The fourth-order valence-corrected chi connectivity index (χ4v) is 2.10. The number of ether oxygens (including phenoxy) is 1. The van der Waals surface area contributed by atoms with Gasteiger partial charge in [0.15, 0.2) is 0 Å². The molecule has 0 aromatic carbocycles. The van der Waals surface area contributed by atoms with Gasteiger partial charge < -0.3 is 10.5 Å². The third-order valence-electron chi connectivity index (χ3n) is 2.79. The number of pyridine rings is 1. The molecular weight excluding hydrogens is 244 g/mol. The molecule has 0 spiro atoms. The van der Waals surface area contributed by atoms with E-state index in [1.165, 1.54) is 6.42 Å². The van der Waals surface area contributed by atoms with Gasteiger partial charge in [-0.2, -0.15) is 0 Å². The number of rotatable bonds is 2. The molecule has 0 aliphatic heterocycles. The number of halogens is 1. The van der Waals surface area contributed by atoms with Crippen molar-refractivity contribution in [3.05, 3.63) is 22.3 Å². The molecule has 0 amide bonds. The molecule has 3 nitrogen and oxygen atoms in total. The highest BCUT2D eigenvalue weighted by Crippen LogP contribution is 2.42. The number of nitrogens with zero attached hydrogens (tertiary/aromatic N) is 1. The Kier molecular flexibility index (Phi) is 2.49. The first-order valence-electron chi connectivity index (χ1n) is 4.64. The average molecular weight is 257 g/mol. The van der Waals surface area contributed by atoms with E-state index in [1.54, 1.807) is 13.3 Å². The number of hydrogen-bond acceptors (Lipinski definition) is 3. The molecule has 0 unspecified atom stereocenters. The number of aromatic nitrogens is 1. The molecule has 14 heavy (non-hydrogen) atoms. The number of methoxy groups -OCH3 is 1. The van der Waals surface area contributed by atoms with Gasteiger partial charge in [0.2, 0.25) is 5.88 Å². The molecule has 76 valence electrons. The standard InChI is InChI=1S/C10H13BrN2O/c1-14-9-8(5-7(11)6-13-9)10(12)3-2-4-10/h5-6H,2-4,12H2,1H3. The predicted octanol–water partition coefficient (Wildman–Crippen LogP) is 2.19. The molecular formula is C10H13BrN2O. The molecule has 1 fully saturated rings. The normalized spacial score (nSPS) is 18.8. The topological polar surface area (TPSA) is 48.1 Å². The molecule has 0 atom stereocenters. The number of hydrogen-bond donors (Lipinski definition) is 1. The van der Waals surface area contributed by atoms with E-state index in [0.29, 0.717) is 5.88 Å². The second-order valence-electron chi connectivity index (χ2n) is 3.72. The van der Waals surface area contributed by atoms with Crippen molar-refractivity contribution < 1.29 is 4.74 Å². The maximum Gasteiger partial charge on any atom is 0.218 e. The zero-order chi connectivity index (χ0) is 10.2. The van der Waals surface area contributed by atoms with Crippen molar-refractivity contribution in [2.75, 3.05) is 7.11 Å². The van der Waals surface area contributed by atoms with Crippen LogP contribution in [0.5, 0.6) is 5.88 Å². The second-order valence-corrected chi connectivity index (χ2v) is 4.64. The lowest BCUT2D eigenvalue weighted by molar-refractivity contribution is 0.241. The summed E-state index contributed by atoms with van der Waals surface area (Å²) in [4.78, 5) is 4.20. The highest BCUT2D eigenvalue weighted by molar-refractivity contribution is 9.10. The highest BCUT2D eigenvalue weighted by atomic mass is 79.9. The minimum Gasteiger partial charge on any atom is -0.481 e. The first kappa shape index (κ1) is 9.93. The van der Waals surface area contributed by atoms with Crippen LogP contribution < -0.4 is 10.5 Å². The lowest BCUT2D eigenvalue weighted by Gasteiger charge is -2.38. The molecule has 1 aliphatic carbocycles. The summed E-state index contributed by atoms with van der Waals surface area (Å²) in [5, 5.41) is 0. The van der Waals surface area contributed by atoms with Crippen LogP contribution in [0.15, 0.2) is 16.7 Å². The van der Waals surface area contributed by atoms with Crippen LogP contribution >= 0.6 is 15.9 Å². The van der Waals surface area contributed by atoms with Crippen molar-refractivity contribution in [1.82, 2.24) is 4.98 Å².